The van der Waals surface area contributed by atoms with E-state index < -0.39 is 5.97 Å². The average molecular weight is 257 g/mol. The van der Waals surface area contributed by atoms with Crippen LogP contribution in [0.15, 0.2) is 30.3 Å². The molecule has 0 radical (unpaired) electrons. The zero-order chi connectivity index (χ0) is 10.4. The molecule has 4 heteroatoms. The monoisotopic (exact) mass is 256 g/mol. The van der Waals surface area contributed by atoms with Crippen LogP contribution in [0, 0.1) is 0 Å². The van der Waals surface area contributed by atoms with Crippen molar-refractivity contribution in [1.29, 1.82) is 0 Å². The molecular weight excluding hydrogens is 248 g/mol. The zero-order valence-electron chi connectivity index (χ0n) is 7.31. The molecule has 1 aromatic carbocycles. The summed E-state index contributed by atoms with van der Waals surface area (Å²) in [6.45, 7) is 0. The lowest BCUT2D eigenvalue weighted by molar-refractivity contribution is -0.131. The molecule has 74 valence electrons. The molecule has 1 rings (SSSR count). The van der Waals surface area contributed by atoms with Gasteiger partial charge in [0, 0.05) is 6.08 Å². The molecule has 0 atom stereocenters. The number of hydrogen-bond acceptors (Lipinski definition) is 2. The molecule has 1 N–H and O–H groups in total. The fourth-order valence-corrected chi connectivity index (χ4v) is 1.20. The largest absolute Gasteiger partial charge is 0.482 e. The number of rotatable bonds is 4. The van der Waals surface area contributed by atoms with E-state index in [0.29, 0.717) is 11.3 Å². The van der Waals surface area contributed by atoms with Gasteiger partial charge in [-0.25, -0.2) is 4.79 Å². The molecule has 0 heterocycles. The second-order valence-electron chi connectivity index (χ2n) is 2.50. The van der Waals surface area contributed by atoms with Gasteiger partial charge in [-0.3, -0.25) is 0 Å². The highest BCUT2D eigenvalue weighted by Gasteiger charge is 1.93. The van der Waals surface area contributed by atoms with Crippen molar-refractivity contribution in [3.63, 3.8) is 0 Å². The first-order valence-electron chi connectivity index (χ1n) is 3.92. The van der Waals surface area contributed by atoms with Gasteiger partial charge in [0.2, 0.25) is 0 Å². The minimum Gasteiger partial charge on any atom is -0.482 e. The van der Waals surface area contributed by atoms with Gasteiger partial charge in [-0.15, -0.1) is 0 Å². The van der Waals surface area contributed by atoms with Crippen LogP contribution in [0.3, 0.4) is 0 Å². The highest BCUT2D eigenvalue weighted by Crippen LogP contribution is 2.14. The predicted molar refractivity (Wildman–Crippen MR) is 57.5 cm³/mol. The molecule has 0 unspecified atom stereocenters. The molecule has 0 aliphatic carbocycles. The van der Waals surface area contributed by atoms with Crippen LogP contribution < -0.4 is 4.74 Å². The summed E-state index contributed by atoms with van der Waals surface area (Å²) in [5.74, 6) is -0.258. The highest BCUT2D eigenvalue weighted by molar-refractivity contribution is 9.09. The molecule has 0 fully saturated rings. The van der Waals surface area contributed by atoms with E-state index in [1.54, 1.807) is 24.3 Å². The quantitative estimate of drug-likeness (QED) is 0.665. The van der Waals surface area contributed by atoms with Crippen molar-refractivity contribution in [3.8, 4) is 5.75 Å². The summed E-state index contributed by atoms with van der Waals surface area (Å²) in [7, 11) is 0. The summed E-state index contributed by atoms with van der Waals surface area (Å²) in [4.78, 5) is 10.3. The number of carboxylic acid groups (broad SMARTS) is 1. The first-order chi connectivity index (χ1) is 6.72. The van der Waals surface area contributed by atoms with Crippen molar-refractivity contribution < 1.29 is 14.6 Å². The first-order valence-corrected chi connectivity index (χ1v) is 5.04. The maximum Gasteiger partial charge on any atom is 0.328 e. The summed E-state index contributed by atoms with van der Waals surface area (Å²) < 4.78 is 5.19. The summed E-state index contributed by atoms with van der Waals surface area (Å²) in [6, 6.07) is 7.18. The Morgan fingerprint density at radius 1 is 1.57 bits per heavy atom. The fraction of sp³-hybridized carbons (Fsp3) is 0.100. The van der Waals surface area contributed by atoms with Crippen molar-refractivity contribution in [2.24, 2.45) is 0 Å². The van der Waals surface area contributed by atoms with Gasteiger partial charge < -0.3 is 9.84 Å². The SMILES string of the molecule is O=C(O)C=Cc1cccc(OCBr)c1. The molecule has 0 saturated carbocycles. The Bertz CT molecular complexity index is 347. The molecule has 1 aromatic rings. The number of aliphatic carboxylic acids is 1. The van der Waals surface area contributed by atoms with Crippen molar-refractivity contribution in [3.05, 3.63) is 35.9 Å². The van der Waals surface area contributed by atoms with Crippen molar-refractivity contribution in [2.45, 2.75) is 0 Å². The molecule has 0 aromatic heterocycles. The number of hydrogen-bond donors (Lipinski definition) is 1. The fourth-order valence-electron chi connectivity index (χ4n) is 0.939. The average Bonchev–Trinajstić information content (AvgIpc) is 2.16. The van der Waals surface area contributed by atoms with Gasteiger partial charge in [-0.1, -0.05) is 12.1 Å². The topological polar surface area (TPSA) is 46.5 Å². The van der Waals surface area contributed by atoms with E-state index in [0.717, 1.165) is 11.6 Å². The van der Waals surface area contributed by atoms with Crippen LogP contribution in [0.2, 0.25) is 0 Å². The standard InChI is InChI=1S/C10H9BrO3/c11-7-14-9-3-1-2-8(6-9)4-5-10(12)13/h1-6H,7H2,(H,12,13). The minimum atomic E-state index is -0.961. The third-order valence-electron chi connectivity index (χ3n) is 1.50. The molecule has 0 amide bonds. The van der Waals surface area contributed by atoms with Gasteiger partial charge in [0.1, 0.15) is 11.3 Å². The van der Waals surface area contributed by atoms with Crippen molar-refractivity contribution in [1.82, 2.24) is 0 Å². The Balaban J connectivity index is 2.77. The van der Waals surface area contributed by atoms with E-state index >= 15 is 0 Å². The lowest BCUT2D eigenvalue weighted by Gasteiger charge is -2.01. The summed E-state index contributed by atoms with van der Waals surface area (Å²) in [6.07, 6.45) is 2.61. The van der Waals surface area contributed by atoms with Gasteiger partial charge in [0.05, 0.1) is 0 Å². The molecule has 0 aliphatic heterocycles. The van der Waals surface area contributed by atoms with Crippen LogP contribution in [-0.2, 0) is 4.79 Å². The van der Waals surface area contributed by atoms with E-state index in [9.17, 15) is 4.79 Å². The van der Waals surface area contributed by atoms with E-state index in [1.807, 2.05) is 0 Å². The highest BCUT2D eigenvalue weighted by atomic mass is 79.9. The van der Waals surface area contributed by atoms with Crippen molar-refractivity contribution in [2.75, 3.05) is 5.52 Å². The normalized spacial score (nSPS) is 10.4. The molecule has 3 nitrogen and oxygen atoms in total. The van der Waals surface area contributed by atoms with Gasteiger partial charge in [0.25, 0.3) is 0 Å². The number of alkyl halides is 1. The van der Waals surface area contributed by atoms with Gasteiger partial charge >= 0.3 is 5.97 Å². The molecule has 14 heavy (non-hydrogen) atoms. The second-order valence-corrected chi connectivity index (χ2v) is 2.96. The second kappa shape index (κ2) is 5.44. The molecular formula is C10H9BrO3. The molecule has 0 saturated heterocycles. The molecule has 0 bridgehead atoms. The summed E-state index contributed by atoms with van der Waals surface area (Å²) in [5.41, 5.74) is 1.21. The Morgan fingerprint density at radius 3 is 3.00 bits per heavy atom. The number of ether oxygens (including phenoxy) is 1. The Hall–Kier alpha value is -1.29. The van der Waals surface area contributed by atoms with Crippen molar-refractivity contribution >= 4 is 28.0 Å². The van der Waals surface area contributed by atoms with Crippen LogP contribution in [0.4, 0.5) is 0 Å². The van der Waals surface area contributed by atoms with Crippen LogP contribution in [-0.4, -0.2) is 16.6 Å². The number of carboxylic acids is 1. The molecule has 0 spiro atoms. The lowest BCUT2D eigenvalue weighted by Crippen LogP contribution is -1.89. The maximum atomic E-state index is 10.3. The third-order valence-corrected chi connectivity index (χ3v) is 1.73. The number of halogens is 1. The Labute approximate surface area is 90.1 Å². The number of carbonyl (C=O) groups is 1. The molecule has 0 aliphatic rings. The van der Waals surface area contributed by atoms with Crippen LogP contribution in [0.5, 0.6) is 5.75 Å². The van der Waals surface area contributed by atoms with Crippen LogP contribution in [0.25, 0.3) is 6.08 Å². The van der Waals surface area contributed by atoms with E-state index in [4.69, 9.17) is 9.84 Å². The van der Waals surface area contributed by atoms with E-state index in [-0.39, 0.29) is 0 Å². The van der Waals surface area contributed by atoms with E-state index in [1.165, 1.54) is 6.08 Å². The summed E-state index contributed by atoms with van der Waals surface area (Å²) >= 11 is 3.14. The van der Waals surface area contributed by atoms with Crippen LogP contribution in [0.1, 0.15) is 5.56 Å². The smallest absolute Gasteiger partial charge is 0.328 e. The Kier molecular flexibility index (Phi) is 4.19. The lowest BCUT2D eigenvalue weighted by atomic mass is 10.2. The minimum absolute atomic E-state index is 0.416. The summed E-state index contributed by atoms with van der Waals surface area (Å²) in [5, 5.41) is 8.42. The van der Waals surface area contributed by atoms with Gasteiger partial charge in [0.15, 0.2) is 0 Å². The zero-order valence-corrected chi connectivity index (χ0v) is 8.90. The van der Waals surface area contributed by atoms with Gasteiger partial charge in [-0.05, 0) is 39.7 Å². The Morgan fingerprint density at radius 2 is 2.36 bits per heavy atom. The third kappa shape index (κ3) is 3.62. The number of benzene rings is 1. The van der Waals surface area contributed by atoms with E-state index in [2.05, 4.69) is 15.9 Å². The maximum absolute atomic E-state index is 10.3. The van der Waals surface area contributed by atoms with Crippen LogP contribution >= 0.6 is 15.9 Å². The predicted octanol–water partition coefficient (Wildman–Crippen LogP) is 2.52. The first kappa shape index (κ1) is 10.8. The van der Waals surface area contributed by atoms with Gasteiger partial charge in [-0.2, -0.15) is 0 Å².